The van der Waals surface area contributed by atoms with Gasteiger partial charge in [-0.3, -0.25) is 15.1 Å². The van der Waals surface area contributed by atoms with Crippen LogP contribution in [-0.2, 0) is 6.54 Å². The Kier molecular flexibility index (Phi) is 4.38. The highest BCUT2D eigenvalue weighted by Crippen LogP contribution is 2.25. The molecule has 18 heavy (non-hydrogen) atoms. The van der Waals surface area contributed by atoms with Crippen molar-refractivity contribution in [3.63, 3.8) is 0 Å². The maximum Gasteiger partial charge on any atom is 0.301 e. The Balaban J connectivity index is 2.07. The number of nitrogen functional groups attached to an aromatic ring is 1. The topological polar surface area (TPSA) is 71.5 Å². The minimum Gasteiger partial charge on any atom is -0.459 e. The van der Waals surface area contributed by atoms with Gasteiger partial charge in [-0.05, 0) is 25.5 Å². The molecule has 1 fully saturated rings. The summed E-state index contributed by atoms with van der Waals surface area (Å²) in [6.45, 7) is 3.89. The van der Waals surface area contributed by atoms with Crippen LogP contribution in [0.25, 0.3) is 0 Å². The second kappa shape index (κ2) is 6.02. The number of nitrogens with zero attached hydrogens (tertiary/aromatic N) is 1. The van der Waals surface area contributed by atoms with Crippen molar-refractivity contribution >= 4 is 5.91 Å². The lowest BCUT2D eigenvalue weighted by atomic mass is 10.1. The van der Waals surface area contributed by atoms with Gasteiger partial charge < -0.3 is 4.42 Å². The maximum atomic E-state index is 11.5. The Morgan fingerprint density at radius 1 is 1.56 bits per heavy atom. The fourth-order valence-corrected chi connectivity index (χ4v) is 2.71. The first-order valence-corrected chi connectivity index (χ1v) is 6.57. The van der Waals surface area contributed by atoms with E-state index in [9.17, 15) is 4.79 Å². The van der Waals surface area contributed by atoms with Crippen molar-refractivity contribution in [2.45, 2.75) is 45.2 Å². The molecule has 0 atom stereocenters. The molecule has 1 heterocycles. The lowest BCUT2D eigenvalue weighted by Crippen LogP contribution is -2.34. The van der Waals surface area contributed by atoms with Gasteiger partial charge in [0.1, 0.15) is 0 Å². The van der Waals surface area contributed by atoms with Crippen LogP contribution in [0.3, 0.4) is 0 Å². The predicted molar refractivity (Wildman–Crippen MR) is 68.7 cm³/mol. The van der Waals surface area contributed by atoms with Crippen molar-refractivity contribution in [3.8, 4) is 0 Å². The second-order valence-electron chi connectivity index (χ2n) is 4.75. The van der Waals surface area contributed by atoms with Crippen LogP contribution < -0.4 is 11.3 Å². The zero-order valence-corrected chi connectivity index (χ0v) is 10.8. The summed E-state index contributed by atoms with van der Waals surface area (Å²) in [6, 6.07) is 2.49. The van der Waals surface area contributed by atoms with E-state index in [2.05, 4.69) is 17.2 Å². The van der Waals surface area contributed by atoms with Crippen LogP contribution >= 0.6 is 0 Å². The summed E-state index contributed by atoms with van der Waals surface area (Å²) in [5.41, 5.74) is 3.03. The highest BCUT2D eigenvalue weighted by Gasteiger charge is 2.23. The van der Waals surface area contributed by atoms with Gasteiger partial charge in [-0.15, -0.1) is 0 Å². The molecule has 1 aromatic rings. The average Bonchev–Trinajstić information content (AvgIpc) is 3.05. The molecular weight excluding hydrogens is 230 g/mol. The number of carbonyl (C=O) groups excluding carboxylic acids is 1. The van der Waals surface area contributed by atoms with Gasteiger partial charge in [0.2, 0.25) is 0 Å². The SMILES string of the molecule is CCN(Cc1ccoc1C(=O)NN)C1CCCC1. The lowest BCUT2D eigenvalue weighted by Gasteiger charge is -2.27. The van der Waals surface area contributed by atoms with E-state index in [1.165, 1.54) is 25.7 Å². The monoisotopic (exact) mass is 251 g/mol. The van der Waals surface area contributed by atoms with E-state index >= 15 is 0 Å². The number of nitrogens with two attached hydrogens (primary N) is 1. The highest BCUT2D eigenvalue weighted by atomic mass is 16.3. The molecule has 5 nitrogen and oxygen atoms in total. The largest absolute Gasteiger partial charge is 0.459 e. The van der Waals surface area contributed by atoms with E-state index in [0.717, 1.165) is 18.7 Å². The van der Waals surface area contributed by atoms with Crippen LogP contribution in [0.4, 0.5) is 0 Å². The van der Waals surface area contributed by atoms with Gasteiger partial charge in [-0.1, -0.05) is 19.8 Å². The lowest BCUT2D eigenvalue weighted by molar-refractivity contribution is 0.0922. The van der Waals surface area contributed by atoms with E-state index in [1.54, 1.807) is 6.26 Å². The average molecular weight is 251 g/mol. The summed E-state index contributed by atoms with van der Waals surface area (Å²) < 4.78 is 5.21. The van der Waals surface area contributed by atoms with Crippen molar-refractivity contribution < 1.29 is 9.21 Å². The number of rotatable bonds is 5. The van der Waals surface area contributed by atoms with E-state index in [4.69, 9.17) is 10.3 Å². The van der Waals surface area contributed by atoms with Crippen molar-refractivity contribution in [3.05, 3.63) is 23.7 Å². The van der Waals surface area contributed by atoms with Gasteiger partial charge in [-0.2, -0.15) is 0 Å². The Bertz CT molecular complexity index is 397. The minimum absolute atomic E-state index is 0.328. The van der Waals surface area contributed by atoms with Gasteiger partial charge in [0.05, 0.1) is 6.26 Å². The van der Waals surface area contributed by atoms with Gasteiger partial charge in [0.15, 0.2) is 5.76 Å². The molecule has 2 rings (SSSR count). The number of amides is 1. The number of hydrazine groups is 1. The number of furan rings is 1. The molecule has 0 saturated heterocycles. The molecule has 0 spiro atoms. The van der Waals surface area contributed by atoms with Crippen LogP contribution in [0.15, 0.2) is 16.7 Å². The summed E-state index contributed by atoms with van der Waals surface area (Å²) in [7, 11) is 0. The van der Waals surface area contributed by atoms with Crippen molar-refractivity contribution in [2.24, 2.45) is 5.84 Å². The summed E-state index contributed by atoms with van der Waals surface area (Å²) in [4.78, 5) is 13.9. The van der Waals surface area contributed by atoms with Gasteiger partial charge in [0, 0.05) is 18.2 Å². The Morgan fingerprint density at radius 2 is 2.28 bits per heavy atom. The van der Waals surface area contributed by atoms with Crippen LogP contribution in [-0.4, -0.2) is 23.4 Å². The Labute approximate surface area is 107 Å². The normalized spacial score (nSPS) is 16.4. The molecular formula is C13H21N3O2. The van der Waals surface area contributed by atoms with Crippen molar-refractivity contribution in [2.75, 3.05) is 6.54 Å². The smallest absolute Gasteiger partial charge is 0.301 e. The molecule has 1 saturated carbocycles. The summed E-state index contributed by atoms with van der Waals surface area (Å²) in [5.74, 6) is 5.11. The molecule has 0 unspecified atom stereocenters. The van der Waals surface area contributed by atoms with E-state index in [1.807, 2.05) is 6.07 Å². The quantitative estimate of drug-likeness (QED) is 0.474. The fraction of sp³-hybridized carbons (Fsp3) is 0.615. The van der Waals surface area contributed by atoms with Crippen LogP contribution in [0.2, 0.25) is 0 Å². The first kappa shape index (κ1) is 13.1. The molecule has 3 N–H and O–H groups in total. The third-order valence-electron chi connectivity index (χ3n) is 3.70. The van der Waals surface area contributed by atoms with Gasteiger partial charge >= 0.3 is 5.91 Å². The van der Waals surface area contributed by atoms with Crippen molar-refractivity contribution in [1.82, 2.24) is 10.3 Å². The second-order valence-corrected chi connectivity index (χ2v) is 4.75. The van der Waals surface area contributed by atoms with E-state index in [-0.39, 0.29) is 5.91 Å². The summed E-state index contributed by atoms with van der Waals surface area (Å²) >= 11 is 0. The predicted octanol–water partition coefficient (Wildman–Crippen LogP) is 1.65. The van der Waals surface area contributed by atoms with Crippen LogP contribution in [0.1, 0.15) is 48.7 Å². The number of hydrogen-bond donors (Lipinski definition) is 2. The number of nitrogens with one attached hydrogen (secondary N) is 1. The first-order chi connectivity index (χ1) is 8.76. The summed E-state index contributed by atoms with van der Waals surface area (Å²) in [5, 5.41) is 0. The Morgan fingerprint density at radius 3 is 2.89 bits per heavy atom. The molecule has 100 valence electrons. The molecule has 0 bridgehead atoms. The van der Waals surface area contributed by atoms with E-state index in [0.29, 0.717) is 11.8 Å². The molecule has 1 aliphatic rings. The van der Waals surface area contributed by atoms with E-state index < -0.39 is 0 Å². The fourth-order valence-electron chi connectivity index (χ4n) is 2.71. The third kappa shape index (κ3) is 2.73. The zero-order valence-electron chi connectivity index (χ0n) is 10.8. The maximum absolute atomic E-state index is 11.5. The third-order valence-corrected chi connectivity index (χ3v) is 3.70. The van der Waals surface area contributed by atoms with Crippen LogP contribution in [0.5, 0.6) is 0 Å². The Hall–Kier alpha value is -1.33. The number of carbonyl (C=O) groups is 1. The first-order valence-electron chi connectivity index (χ1n) is 6.57. The summed E-state index contributed by atoms with van der Waals surface area (Å²) in [6.07, 6.45) is 6.67. The number of hydrogen-bond acceptors (Lipinski definition) is 4. The molecule has 1 aliphatic carbocycles. The molecule has 1 aromatic heterocycles. The molecule has 1 amide bonds. The standard InChI is InChI=1S/C13H21N3O2/c1-2-16(11-5-3-4-6-11)9-10-7-8-18-12(10)13(17)15-14/h7-8,11H,2-6,9,14H2,1H3,(H,15,17). The zero-order chi connectivity index (χ0) is 13.0. The van der Waals surface area contributed by atoms with Crippen LogP contribution in [0, 0.1) is 0 Å². The van der Waals surface area contributed by atoms with Crippen molar-refractivity contribution in [1.29, 1.82) is 0 Å². The highest BCUT2D eigenvalue weighted by molar-refractivity contribution is 5.92. The minimum atomic E-state index is -0.363. The molecule has 0 radical (unpaired) electrons. The molecule has 0 aliphatic heterocycles. The molecule has 0 aromatic carbocycles. The van der Waals surface area contributed by atoms with Gasteiger partial charge in [0.25, 0.3) is 0 Å². The molecule has 5 heteroatoms. The van der Waals surface area contributed by atoms with Gasteiger partial charge in [-0.25, -0.2) is 5.84 Å².